The molecule has 8 heteroatoms. The lowest BCUT2D eigenvalue weighted by molar-refractivity contribution is 0.476. The first-order valence-corrected chi connectivity index (χ1v) is 6.89. The highest BCUT2D eigenvalue weighted by atomic mass is 32.2. The van der Waals surface area contributed by atoms with Gasteiger partial charge in [0, 0.05) is 14.1 Å². The number of hydrogen-bond acceptors (Lipinski definition) is 5. The molecule has 2 rings (SSSR count). The Morgan fingerprint density at radius 3 is 2.47 bits per heavy atom. The molecule has 1 aromatic carbocycles. The molecule has 0 aliphatic carbocycles. The van der Waals surface area contributed by atoms with Crippen LogP contribution in [0.1, 0.15) is 5.82 Å². The van der Waals surface area contributed by atoms with E-state index in [1.165, 1.54) is 20.2 Å². The van der Waals surface area contributed by atoms with Gasteiger partial charge in [-0.2, -0.15) is 12.7 Å². The van der Waals surface area contributed by atoms with Crippen LogP contribution in [0.25, 0.3) is 11.4 Å². The van der Waals surface area contributed by atoms with Crippen molar-refractivity contribution in [3.8, 4) is 17.1 Å². The van der Waals surface area contributed by atoms with Crippen LogP contribution < -0.4 is 0 Å². The minimum atomic E-state index is -3.79. The third-order valence-corrected chi connectivity index (χ3v) is 4.12. The van der Waals surface area contributed by atoms with Crippen LogP contribution in [0.2, 0.25) is 0 Å². The first-order chi connectivity index (χ1) is 8.84. The van der Waals surface area contributed by atoms with Gasteiger partial charge >= 0.3 is 10.2 Å². The molecule has 1 heterocycles. The predicted octanol–water partition coefficient (Wildman–Crippen LogP) is 0.614. The van der Waals surface area contributed by atoms with Gasteiger partial charge in [-0.05, 0) is 19.1 Å². The molecule has 102 valence electrons. The molecule has 0 atom stereocenters. The lowest BCUT2D eigenvalue weighted by Crippen LogP contribution is -2.30. The van der Waals surface area contributed by atoms with E-state index in [4.69, 9.17) is 0 Å². The zero-order chi connectivity index (χ0) is 14.2. The molecular formula is C11H14N4O3S. The van der Waals surface area contributed by atoms with Crippen molar-refractivity contribution in [3.05, 3.63) is 30.1 Å². The van der Waals surface area contributed by atoms with Gasteiger partial charge in [-0.15, -0.1) is 9.19 Å². The van der Waals surface area contributed by atoms with Crippen molar-refractivity contribution in [2.75, 3.05) is 14.1 Å². The number of aromatic nitrogens is 3. The Labute approximate surface area is 111 Å². The smallest absolute Gasteiger partial charge is 0.324 e. The number of hydrogen-bond donors (Lipinski definition) is 1. The van der Waals surface area contributed by atoms with Gasteiger partial charge in [-0.3, -0.25) is 0 Å². The maximum absolute atomic E-state index is 12.2. The van der Waals surface area contributed by atoms with E-state index in [9.17, 15) is 13.5 Å². The normalized spacial score (nSPS) is 12.0. The van der Waals surface area contributed by atoms with Gasteiger partial charge in [-0.1, -0.05) is 12.1 Å². The molecule has 19 heavy (non-hydrogen) atoms. The highest BCUT2D eigenvalue weighted by molar-refractivity contribution is 7.87. The Bertz CT molecular complexity index is 706. The molecule has 0 unspecified atom stereocenters. The molecule has 0 amide bonds. The summed E-state index contributed by atoms with van der Waals surface area (Å²) in [6.07, 6.45) is 0. The van der Waals surface area contributed by atoms with Crippen molar-refractivity contribution in [2.45, 2.75) is 6.92 Å². The summed E-state index contributed by atoms with van der Waals surface area (Å²) in [5, 5.41) is 13.7. The largest absolute Gasteiger partial charge is 0.507 e. The van der Waals surface area contributed by atoms with Gasteiger partial charge < -0.3 is 5.11 Å². The molecule has 0 spiro atoms. The van der Waals surface area contributed by atoms with Crippen LogP contribution in [0.4, 0.5) is 0 Å². The number of phenolic OH excluding ortho intramolecular Hbond substituents is 1. The molecule has 0 radical (unpaired) electrons. The fourth-order valence-electron chi connectivity index (χ4n) is 1.54. The number of benzene rings is 1. The second-order valence-electron chi connectivity index (χ2n) is 4.13. The van der Waals surface area contributed by atoms with Crippen molar-refractivity contribution in [1.82, 2.24) is 18.5 Å². The van der Waals surface area contributed by atoms with Gasteiger partial charge in [0.25, 0.3) is 0 Å². The van der Waals surface area contributed by atoms with Gasteiger partial charge in [-0.25, -0.2) is 4.98 Å². The number of nitrogens with zero attached hydrogens (tertiary/aromatic N) is 4. The number of rotatable bonds is 3. The van der Waals surface area contributed by atoms with E-state index in [1.54, 1.807) is 25.1 Å². The fourth-order valence-corrected chi connectivity index (χ4v) is 2.43. The van der Waals surface area contributed by atoms with Crippen LogP contribution in [-0.2, 0) is 10.2 Å². The number of aromatic hydroxyl groups is 1. The van der Waals surface area contributed by atoms with Gasteiger partial charge in [0.2, 0.25) is 0 Å². The topological polar surface area (TPSA) is 88.3 Å². The third-order valence-electron chi connectivity index (χ3n) is 2.51. The average molecular weight is 282 g/mol. The third kappa shape index (κ3) is 2.32. The molecular weight excluding hydrogens is 268 g/mol. The zero-order valence-electron chi connectivity index (χ0n) is 10.8. The van der Waals surface area contributed by atoms with E-state index in [0.717, 1.165) is 8.39 Å². The van der Waals surface area contributed by atoms with E-state index < -0.39 is 10.2 Å². The quantitative estimate of drug-likeness (QED) is 0.891. The lowest BCUT2D eigenvalue weighted by atomic mass is 10.2. The van der Waals surface area contributed by atoms with Crippen LogP contribution in [0, 0.1) is 6.92 Å². The van der Waals surface area contributed by atoms with Crippen LogP contribution >= 0.6 is 0 Å². The summed E-state index contributed by atoms with van der Waals surface area (Å²) in [5.74, 6) is 0.345. The van der Waals surface area contributed by atoms with E-state index in [-0.39, 0.29) is 11.6 Å². The summed E-state index contributed by atoms with van der Waals surface area (Å²) in [6, 6.07) is 6.38. The summed E-state index contributed by atoms with van der Waals surface area (Å²) in [6.45, 7) is 1.59. The summed E-state index contributed by atoms with van der Waals surface area (Å²) >= 11 is 0. The molecule has 2 aromatic rings. The van der Waals surface area contributed by atoms with Crippen molar-refractivity contribution in [2.24, 2.45) is 0 Å². The summed E-state index contributed by atoms with van der Waals surface area (Å²) in [7, 11) is -0.979. The second-order valence-corrected chi connectivity index (χ2v) is 6.10. The monoisotopic (exact) mass is 282 g/mol. The van der Waals surface area contributed by atoms with E-state index in [1.807, 2.05) is 0 Å². The maximum Gasteiger partial charge on any atom is 0.324 e. The van der Waals surface area contributed by atoms with Crippen LogP contribution in [0.5, 0.6) is 5.75 Å². The highest BCUT2D eigenvalue weighted by Crippen LogP contribution is 2.28. The minimum Gasteiger partial charge on any atom is -0.507 e. The lowest BCUT2D eigenvalue weighted by Gasteiger charge is -2.13. The van der Waals surface area contributed by atoms with Crippen molar-refractivity contribution >= 4 is 10.2 Å². The molecule has 0 fully saturated rings. The molecule has 0 saturated carbocycles. The van der Waals surface area contributed by atoms with Gasteiger partial charge in [0.1, 0.15) is 11.6 Å². The molecule has 0 saturated heterocycles. The molecule has 1 aromatic heterocycles. The second kappa shape index (κ2) is 4.63. The van der Waals surface area contributed by atoms with Crippen LogP contribution in [0.15, 0.2) is 24.3 Å². The van der Waals surface area contributed by atoms with E-state index in [2.05, 4.69) is 10.1 Å². The molecule has 1 N–H and O–H groups in total. The predicted molar refractivity (Wildman–Crippen MR) is 69.9 cm³/mol. The van der Waals surface area contributed by atoms with Gasteiger partial charge in [0.15, 0.2) is 5.82 Å². The number of aryl methyl sites for hydroxylation is 1. The van der Waals surface area contributed by atoms with Crippen LogP contribution in [0.3, 0.4) is 0 Å². The van der Waals surface area contributed by atoms with Gasteiger partial charge in [0.05, 0.1) is 5.56 Å². The maximum atomic E-state index is 12.2. The SMILES string of the molecule is Cc1nc(-c2ccccc2O)n(S(=O)(=O)N(C)C)n1. The first kappa shape index (κ1) is 13.5. The summed E-state index contributed by atoms with van der Waals surface area (Å²) in [5.41, 5.74) is 0.313. The van der Waals surface area contributed by atoms with E-state index in [0.29, 0.717) is 11.4 Å². The minimum absolute atomic E-state index is 0.0508. The zero-order valence-corrected chi connectivity index (χ0v) is 11.6. The van der Waals surface area contributed by atoms with E-state index >= 15 is 0 Å². The van der Waals surface area contributed by atoms with Crippen LogP contribution in [-0.4, -0.2) is 46.1 Å². The Morgan fingerprint density at radius 1 is 1.26 bits per heavy atom. The van der Waals surface area contributed by atoms with Crippen molar-refractivity contribution in [3.63, 3.8) is 0 Å². The molecule has 7 nitrogen and oxygen atoms in total. The number of phenols is 1. The highest BCUT2D eigenvalue weighted by Gasteiger charge is 2.25. The summed E-state index contributed by atoms with van der Waals surface area (Å²) < 4.78 is 26.2. The van der Waals surface area contributed by atoms with Crippen molar-refractivity contribution in [1.29, 1.82) is 0 Å². The molecule has 0 aliphatic heterocycles. The fraction of sp³-hybridized carbons (Fsp3) is 0.273. The number of para-hydroxylation sites is 1. The average Bonchev–Trinajstić information content (AvgIpc) is 2.72. The Balaban J connectivity index is 2.71. The standard InChI is InChI=1S/C11H14N4O3S/c1-8-12-11(9-6-4-5-7-10(9)16)15(13-8)19(17,18)14(2)3/h4-7,16H,1-3H3. The first-order valence-electron chi connectivity index (χ1n) is 5.49. The Kier molecular flexibility index (Phi) is 3.29. The Morgan fingerprint density at radius 2 is 1.89 bits per heavy atom. The summed E-state index contributed by atoms with van der Waals surface area (Å²) in [4.78, 5) is 4.08. The van der Waals surface area contributed by atoms with Crippen molar-refractivity contribution < 1.29 is 13.5 Å². The molecule has 0 aliphatic rings. The Hall–Kier alpha value is -1.93. The molecule has 0 bridgehead atoms.